The summed E-state index contributed by atoms with van der Waals surface area (Å²) in [5, 5.41) is 24.8. The second-order valence-corrected chi connectivity index (χ2v) is 14.8. The minimum absolute atomic E-state index is 0.170. The number of ketones is 1. The second kappa shape index (κ2) is 13.1. The zero-order valence-electron chi connectivity index (χ0n) is 27.4. The van der Waals surface area contributed by atoms with Crippen LogP contribution in [0.25, 0.3) is 0 Å². The summed E-state index contributed by atoms with van der Waals surface area (Å²) in [7, 11) is 0. The van der Waals surface area contributed by atoms with Gasteiger partial charge in [-0.15, -0.1) is 0 Å². The number of pyridine rings is 1. The molecule has 7 atom stereocenters. The molecule has 0 aliphatic heterocycles. The zero-order chi connectivity index (χ0) is 31.8. The summed E-state index contributed by atoms with van der Waals surface area (Å²) in [4.78, 5) is 23.0. The minimum atomic E-state index is -0.658. The third-order valence-electron chi connectivity index (χ3n) is 12.0. The van der Waals surface area contributed by atoms with Crippen molar-refractivity contribution in [1.29, 1.82) is 0 Å². The molecular weight excluding hydrogens is 562 g/mol. The maximum atomic E-state index is 14.1. The predicted octanol–water partition coefficient (Wildman–Crippen LogP) is 7.51. The smallest absolute Gasteiger partial charge is 0.233 e. The molecular formula is C38H51N3O4. The number of aliphatic hydroxyl groups is 2. The Balaban J connectivity index is 1.19. The van der Waals surface area contributed by atoms with Gasteiger partial charge in [-0.2, -0.15) is 4.98 Å². The first-order valence-electron chi connectivity index (χ1n) is 17.4. The normalized spacial score (nSPS) is 32.4. The Hall–Kier alpha value is -2.90. The van der Waals surface area contributed by atoms with Crippen molar-refractivity contribution < 1.29 is 19.5 Å². The first-order valence-corrected chi connectivity index (χ1v) is 17.4. The van der Waals surface area contributed by atoms with E-state index in [1.54, 1.807) is 12.4 Å². The summed E-state index contributed by atoms with van der Waals surface area (Å²) in [6.45, 7) is 11.1. The van der Waals surface area contributed by atoms with Gasteiger partial charge >= 0.3 is 0 Å². The number of carbonyl (C=O) groups is 1. The van der Waals surface area contributed by atoms with Gasteiger partial charge in [-0.1, -0.05) is 50.2 Å². The molecule has 0 unspecified atom stereocenters. The number of hydrogen-bond donors (Lipinski definition) is 2. The van der Waals surface area contributed by atoms with E-state index in [2.05, 4.69) is 49.6 Å². The molecule has 4 saturated carbocycles. The number of rotatable bonds is 11. The SMILES string of the molecule is C=C1C(=CC=C2CCC[C@]3(C)[C@@H]([C@H](C)CC[C@H](C(=O)c4ccncc4)C4(c5nc(CCC)no5)CC4)CC[C@@H]23)C[C@@H](O)C[C@@H]1O. The highest BCUT2D eigenvalue weighted by molar-refractivity contribution is 5.99. The van der Waals surface area contributed by atoms with Gasteiger partial charge in [-0.25, -0.2) is 0 Å². The van der Waals surface area contributed by atoms with Gasteiger partial charge in [-0.05, 0) is 117 Å². The fourth-order valence-electron chi connectivity index (χ4n) is 9.31. The lowest BCUT2D eigenvalue weighted by Gasteiger charge is -2.44. The van der Waals surface area contributed by atoms with Crippen molar-refractivity contribution in [1.82, 2.24) is 15.1 Å². The number of aromatic nitrogens is 3. The molecule has 0 aromatic carbocycles. The summed E-state index contributed by atoms with van der Waals surface area (Å²) in [5.74, 6) is 3.00. The number of aryl methyl sites for hydroxylation is 1. The van der Waals surface area contributed by atoms with E-state index in [9.17, 15) is 15.0 Å². The van der Waals surface area contributed by atoms with Gasteiger partial charge in [0.15, 0.2) is 11.6 Å². The highest BCUT2D eigenvalue weighted by Gasteiger charge is 2.58. The predicted molar refractivity (Wildman–Crippen MR) is 174 cm³/mol. The van der Waals surface area contributed by atoms with E-state index in [1.165, 1.54) is 31.3 Å². The summed E-state index contributed by atoms with van der Waals surface area (Å²) in [5.41, 5.74) is 3.82. The maximum absolute atomic E-state index is 14.1. The van der Waals surface area contributed by atoms with Crippen molar-refractivity contribution in [2.45, 2.75) is 122 Å². The van der Waals surface area contributed by atoms with Crippen LogP contribution >= 0.6 is 0 Å². The molecule has 0 radical (unpaired) electrons. The second-order valence-electron chi connectivity index (χ2n) is 14.8. The average Bonchev–Trinajstić information content (AvgIpc) is 3.53. The van der Waals surface area contributed by atoms with Crippen LogP contribution in [-0.2, 0) is 11.8 Å². The molecule has 2 heterocycles. The van der Waals surface area contributed by atoms with Gasteiger partial charge in [0, 0.05) is 36.7 Å². The molecule has 2 aromatic rings. The lowest BCUT2D eigenvalue weighted by molar-refractivity contribution is 0.0789. The number of hydrogen-bond acceptors (Lipinski definition) is 7. The first-order chi connectivity index (χ1) is 21.7. The molecule has 7 heteroatoms. The molecule has 242 valence electrons. The molecule has 0 bridgehead atoms. The number of allylic oxidation sites excluding steroid dienone is 3. The van der Waals surface area contributed by atoms with Crippen LogP contribution in [0.3, 0.4) is 0 Å². The Labute approximate surface area is 268 Å². The van der Waals surface area contributed by atoms with Crippen LogP contribution in [0.4, 0.5) is 0 Å². The van der Waals surface area contributed by atoms with E-state index in [1.807, 2.05) is 12.1 Å². The molecule has 0 saturated heterocycles. The van der Waals surface area contributed by atoms with Crippen molar-refractivity contribution in [2.75, 3.05) is 0 Å². The zero-order valence-corrected chi connectivity index (χ0v) is 27.4. The van der Waals surface area contributed by atoms with E-state index in [-0.39, 0.29) is 22.5 Å². The Bertz CT molecular complexity index is 1440. The van der Waals surface area contributed by atoms with Crippen LogP contribution in [0.15, 0.2) is 64.5 Å². The van der Waals surface area contributed by atoms with Gasteiger partial charge in [0.25, 0.3) is 0 Å². The fraction of sp³-hybridized carbons (Fsp3) is 0.632. The largest absolute Gasteiger partial charge is 0.393 e. The van der Waals surface area contributed by atoms with Gasteiger partial charge in [0.05, 0.1) is 17.6 Å². The Morgan fingerprint density at radius 3 is 2.67 bits per heavy atom. The van der Waals surface area contributed by atoms with E-state index in [0.29, 0.717) is 42.0 Å². The molecule has 2 N–H and O–H groups in total. The molecule has 45 heavy (non-hydrogen) atoms. The Morgan fingerprint density at radius 1 is 1.16 bits per heavy atom. The molecule has 0 amide bonds. The van der Waals surface area contributed by atoms with Crippen molar-refractivity contribution in [3.8, 4) is 0 Å². The van der Waals surface area contributed by atoms with Gasteiger partial charge in [0.2, 0.25) is 5.89 Å². The number of nitrogens with zero attached hydrogens (tertiary/aromatic N) is 3. The van der Waals surface area contributed by atoms with Crippen LogP contribution in [0.2, 0.25) is 0 Å². The van der Waals surface area contributed by atoms with E-state index in [4.69, 9.17) is 9.51 Å². The quantitative estimate of drug-likeness (QED) is 0.253. The van der Waals surface area contributed by atoms with Crippen LogP contribution in [0.1, 0.15) is 120 Å². The van der Waals surface area contributed by atoms with Crippen LogP contribution in [0, 0.1) is 29.1 Å². The minimum Gasteiger partial charge on any atom is -0.393 e. The summed E-state index contributed by atoms with van der Waals surface area (Å²) >= 11 is 0. The molecule has 7 nitrogen and oxygen atoms in total. The Kier molecular flexibility index (Phi) is 9.31. The number of fused-ring (bicyclic) bond motifs is 1. The molecule has 6 rings (SSSR count). The highest BCUT2D eigenvalue weighted by atomic mass is 16.5. The van der Waals surface area contributed by atoms with Gasteiger partial charge in [-0.3, -0.25) is 9.78 Å². The molecule has 0 spiro atoms. The van der Waals surface area contributed by atoms with Crippen LogP contribution in [0.5, 0.6) is 0 Å². The third kappa shape index (κ3) is 6.27. The standard InChI is InChI=1S/C38H51N3O4/c1-5-7-34-40-36(45-41-34)38(18-19-38)32(35(44)27-15-20-39-21-16-27)12-9-24(2)30-13-14-31-26(8-6-17-37(30,31)4)10-11-28-22-29(42)23-33(43)25(28)3/h10-11,15-16,20-21,24,29-33,42-43H,3,5-9,12-14,17-19,22-23H2,1-2,4H3/t24-,29-,30-,31+,32-,33+,37-/m1/s1. The monoisotopic (exact) mass is 613 g/mol. The van der Waals surface area contributed by atoms with Crippen molar-refractivity contribution in [3.63, 3.8) is 0 Å². The van der Waals surface area contributed by atoms with Crippen molar-refractivity contribution in [3.05, 3.63) is 77.3 Å². The first kappa shape index (κ1) is 32.1. The Morgan fingerprint density at radius 2 is 1.93 bits per heavy atom. The van der Waals surface area contributed by atoms with E-state index < -0.39 is 12.2 Å². The van der Waals surface area contributed by atoms with Gasteiger partial charge < -0.3 is 14.7 Å². The summed E-state index contributed by atoms with van der Waals surface area (Å²) < 4.78 is 5.83. The third-order valence-corrected chi connectivity index (χ3v) is 12.0. The number of aliphatic hydroxyl groups excluding tert-OH is 2. The van der Waals surface area contributed by atoms with Crippen LogP contribution < -0.4 is 0 Å². The molecule has 2 aromatic heterocycles. The van der Waals surface area contributed by atoms with Crippen LogP contribution in [-0.4, -0.2) is 43.3 Å². The molecule has 4 fully saturated rings. The number of carbonyl (C=O) groups excluding carboxylic acids is 1. The number of Topliss-reactive ketones (excluding diaryl/α,β-unsaturated/α-hetero) is 1. The summed E-state index contributed by atoms with van der Waals surface area (Å²) in [6.07, 6.45) is 18.9. The molecule has 4 aliphatic carbocycles. The highest BCUT2D eigenvalue weighted by Crippen LogP contribution is 2.61. The van der Waals surface area contributed by atoms with Crippen molar-refractivity contribution in [2.24, 2.45) is 29.1 Å². The van der Waals surface area contributed by atoms with E-state index >= 15 is 0 Å². The topological polar surface area (TPSA) is 109 Å². The van der Waals surface area contributed by atoms with Crippen molar-refractivity contribution >= 4 is 5.78 Å². The summed E-state index contributed by atoms with van der Waals surface area (Å²) in [6, 6.07) is 3.67. The molecule has 4 aliphatic rings. The maximum Gasteiger partial charge on any atom is 0.233 e. The van der Waals surface area contributed by atoms with E-state index in [0.717, 1.165) is 61.9 Å². The lowest BCUT2D eigenvalue weighted by atomic mass is 9.60. The van der Waals surface area contributed by atoms with Gasteiger partial charge in [0.1, 0.15) is 0 Å². The fourth-order valence-corrected chi connectivity index (χ4v) is 9.31. The lowest BCUT2D eigenvalue weighted by Crippen LogP contribution is -2.36. The average molecular weight is 614 g/mol.